The van der Waals surface area contributed by atoms with E-state index in [9.17, 15) is 9.90 Å². The van der Waals surface area contributed by atoms with E-state index in [1.165, 1.54) is 6.92 Å². The first kappa shape index (κ1) is 13.2. The number of fused-ring (bicyclic) bond motifs is 1. The van der Waals surface area contributed by atoms with E-state index in [0.29, 0.717) is 5.82 Å². The SMILES string of the molecule is COc1ccc(-c2nc(O)c(C)c(=O)[nH]2)c2ccccc12. The Morgan fingerprint density at radius 2 is 1.86 bits per heavy atom. The first-order valence-electron chi connectivity index (χ1n) is 6.48. The standard InChI is InChI=1S/C16H14N2O3/c1-9-15(19)17-14(18-16(9)20)12-7-8-13(21-2)11-6-4-3-5-10(11)12/h3-8H,1-2H3,(H2,17,18,19,20). The van der Waals surface area contributed by atoms with Crippen LogP contribution in [0.1, 0.15) is 5.56 Å². The zero-order valence-electron chi connectivity index (χ0n) is 11.7. The van der Waals surface area contributed by atoms with Crippen LogP contribution in [0.25, 0.3) is 22.2 Å². The fourth-order valence-corrected chi connectivity index (χ4v) is 2.30. The van der Waals surface area contributed by atoms with Gasteiger partial charge in [-0.15, -0.1) is 0 Å². The molecule has 0 amide bonds. The molecule has 0 unspecified atom stereocenters. The summed E-state index contributed by atoms with van der Waals surface area (Å²) < 4.78 is 5.34. The van der Waals surface area contributed by atoms with Crippen LogP contribution >= 0.6 is 0 Å². The number of hydrogen-bond acceptors (Lipinski definition) is 4. The molecule has 1 heterocycles. The molecule has 0 saturated heterocycles. The Morgan fingerprint density at radius 3 is 2.52 bits per heavy atom. The Labute approximate surface area is 120 Å². The van der Waals surface area contributed by atoms with E-state index in [0.717, 1.165) is 22.1 Å². The highest BCUT2D eigenvalue weighted by Crippen LogP contribution is 2.33. The predicted molar refractivity (Wildman–Crippen MR) is 80.8 cm³/mol. The predicted octanol–water partition coefficient (Wildman–Crippen LogP) is 2.61. The molecule has 0 spiro atoms. The van der Waals surface area contributed by atoms with Gasteiger partial charge in [-0.3, -0.25) is 4.79 Å². The number of aromatic amines is 1. The van der Waals surface area contributed by atoms with Crippen molar-refractivity contribution in [1.29, 1.82) is 0 Å². The van der Waals surface area contributed by atoms with Gasteiger partial charge in [-0.2, -0.15) is 4.98 Å². The highest BCUT2D eigenvalue weighted by atomic mass is 16.5. The number of aromatic hydroxyl groups is 1. The Morgan fingerprint density at radius 1 is 1.14 bits per heavy atom. The second-order valence-electron chi connectivity index (χ2n) is 4.72. The molecule has 21 heavy (non-hydrogen) atoms. The van der Waals surface area contributed by atoms with Crippen LogP contribution in [0.15, 0.2) is 41.2 Å². The molecular formula is C16H14N2O3. The van der Waals surface area contributed by atoms with Gasteiger partial charge in [-0.05, 0) is 24.4 Å². The average Bonchev–Trinajstić information content (AvgIpc) is 2.51. The summed E-state index contributed by atoms with van der Waals surface area (Å²) in [4.78, 5) is 18.6. The lowest BCUT2D eigenvalue weighted by Gasteiger charge is -2.10. The number of methoxy groups -OCH3 is 1. The van der Waals surface area contributed by atoms with Crippen LogP contribution in [-0.4, -0.2) is 22.2 Å². The zero-order valence-corrected chi connectivity index (χ0v) is 11.7. The number of benzene rings is 2. The lowest BCUT2D eigenvalue weighted by Crippen LogP contribution is -2.12. The highest BCUT2D eigenvalue weighted by molar-refractivity contribution is 5.98. The number of hydrogen-bond donors (Lipinski definition) is 2. The van der Waals surface area contributed by atoms with Gasteiger partial charge in [0.05, 0.1) is 12.7 Å². The summed E-state index contributed by atoms with van der Waals surface area (Å²) in [6.45, 7) is 1.52. The topological polar surface area (TPSA) is 75.2 Å². The van der Waals surface area contributed by atoms with E-state index in [1.807, 2.05) is 36.4 Å². The van der Waals surface area contributed by atoms with Crippen molar-refractivity contribution in [2.45, 2.75) is 6.92 Å². The molecule has 5 nitrogen and oxygen atoms in total. The summed E-state index contributed by atoms with van der Waals surface area (Å²) in [7, 11) is 1.61. The number of aromatic nitrogens is 2. The van der Waals surface area contributed by atoms with Gasteiger partial charge in [0.25, 0.3) is 5.56 Å². The van der Waals surface area contributed by atoms with Crippen molar-refractivity contribution >= 4 is 10.8 Å². The van der Waals surface area contributed by atoms with Gasteiger partial charge in [-0.1, -0.05) is 24.3 Å². The Bertz CT molecular complexity index is 884. The van der Waals surface area contributed by atoms with Crippen LogP contribution in [0.2, 0.25) is 0 Å². The third kappa shape index (κ3) is 2.12. The monoisotopic (exact) mass is 282 g/mol. The van der Waals surface area contributed by atoms with Crippen LogP contribution in [0, 0.1) is 6.92 Å². The summed E-state index contributed by atoms with van der Waals surface area (Å²) in [5.74, 6) is 0.823. The maximum Gasteiger partial charge on any atom is 0.257 e. The zero-order chi connectivity index (χ0) is 15.0. The molecular weight excluding hydrogens is 268 g/mol. The molecule has 0 aliphatic rings. The quantitative estimate of drug-likeness (QED) is 0.757. The molecule has 0 radical (unpaired) electrons. The number of rotatable bonds is 2. The Kier molecular flexibility index (Phi) is 3.10. The number of ether oxygens (including phenoxy) is 1. The lowest BCUT2D eigenvalue weighted by molar-refractivity contribution is 0.420. The summed E-state index contributed by atoms with van der Waals surface area (Å²) in [6, 6.07) is 11.3. The summed E-state index contributed by atoms with van der Waals surface area (Å²) in [5, 5.41) is 11.6. The Balaban J connectivity index is 2.34. The summed E-state index contributed by atoms with van der Waals surface area (Å²) >= 11 is 0. The van der Waals surface area contributed by atoms with Gasteiger partial charge in [0.2, 0.25) is 5.88 Å². The fourth-order valence-electron chi connectivity index (χ4n) is 2.30. The molecule has 2 aromatic carbocycles. The minimum atomic E-state index is -0.350. The second-order valence-corrected chi connectivity index (χ2v) is 4.72. The summed E-state index contributed by atoms with van der Waals surface area (Å²) in [5.41, 5.74) is 0.591. The van der Waals surface area contributed by atoms with E-state index >= 15 is 0 Å². The first-order chi connectivity index (χ1) is 10.1. The molecule has 5 heteroatoms. The van der Waals surface area contributed by atoms with E-state index in [-0.39, 0.29) is 17.0 Å². The largest absolute Gasteiger partial charge is 0.496 e. The minimum Gasteiger partial charge on any atom is -0.496 e. The van der Waals surface area contributed by atoms with Crippen LogP contribution in [-0.2, 0) is 0 Å². The molecule has 106 valence electrons. The van der Waals surface area contributed by atoms with Gasteiger partial charge < -0.3 is 14.8 Å². The van der Waals surface area contributed by atoms with Gasteiger partial charge in [0, 0.05) is 10.9 Å². The number of nitrogens with one attached hydrogen (secondary N) is 1. The molecule has 2 N–H and O–H groups in total. The molecule has 0 bridgehead atoms. The molecule has 3 rings (SSSR count). The normalized spacial score (nSPS) is 10.8. The van der Waals surface area contributed by atoms with Crippen molar-refractivity contribution in [3.63, 3.8) is 0 Å². The van der Waals surface area contributed by atoms with Crippen molar-refractivity contribution in [2.24, 2.45) is 0 Å². The van der Waals surface area contributed by atoms with E-state index < -0.39 is 0 Å². The van der Waals surface area contributed by atoms with Gasteiger partial charge in [0.1, 0.15) is 11.6 Å². The first-order valence-corrected chi connectivity index (χ1v) is 6.48. The van der Waals surface area contributed by atoms with E-state index in [1.54, 1.807) is 7.11 Å². The molecule has 3 aromatic rings. The van der Waals surface area contributed by atoms with Crippen LogP contribution in [0.4, 0.5) is 0 Å². The highest BCUT2D eigenvalue weighted by Gasteiger charge is 2.12. The molecule has 0 aliphatic heterocycles. The Hall–Kier alpha value is -2.82. The molecule has 0 fully saturated rings. The van der Waals surface area contributed by atoms with Crippen molar-refractivity contribution in [1.82, 2.24) is 9.97 Å². The minimum absolute atomic E-state index is 0.205. The van der Waals surface area contributed by atoms with Crippen molar-refractivity contribution in [3.05, 3.63) is 52.3 Å². The third-order valence-corrected chi connectivity index (χ3v) is 3.48. The molecule has 0 atom stereocenters. The second kappa shape index (κ2) is 4.94. The van der Waals surface area contributed by atoms with Crippen molar-refractivity contribution < 1.29 is 9.84 Å². The molecule has 1 aromatic heterocycles. The number of H-pyrrole nitrogens is 1. The van der Waals surface area contributed by atoms with Gasteiger partial charge >= 0.3 is 0 Å². The average molecular weight is 282 g/mol. The third-order valence-electron chi connectivity index (χ3n) is 3.48. The van der Waals surface area contributed by atoms with Crippen LogP contribution in [0.5, 0.6) is 11.6 Å². The van der Waals surface area contributed by atoms with Crippen molar-refractivity contribution in [2.75, 3.05) is 7.11 Å². The van der Waals surface area contributed by atoms with Crippen molar-refractivity contribution in [3.8, 4) is 23.0 Å². The van der Waals surface area contributed by atoms with Gasteiger partial charge in [0.15, 0.2) is 0 Å². The van der Waals surface area contributed by atoms with Crippen LogP contribution < -0.4 is 10.3 Å². The van der Waals surface area contributed by atoms with Gasteiger partial charge in [-0.25, -0.2) is 0 Å². The maximum absolute atomic E-state index is 11.8. The molecule has 0 saturated carbocycles. The van der Waals surface area contributed by atoms with E-state index in [4.69, 9.17) is 4.74 Å². The number of nitrogens with zero attached hydrogens (tertiary/aromatic N) is 1. The van der Waals surface area contributed by atoms with Crippen LogP contribution in [0.3, 0.4) is 0 Å². The summed E-state index contributed by atoms with van der Waals surface area (Å²) in [6.07, 6.45) is 0. The fraction of sp³-hybridized carbons (Fsp3) is 0.125. The molecule has 0 aliphatic carbocycles. The smallest absolute Gasteiger partial charge is 0.257 e. The van der Waals surface area contributed by atoms with E-state index in [2.05, 4.69) is 9.97 Å². The lowest BCUT2D eigenvalue weighted by atomic mass is 10.0. The maximum atomic E-state index is 11.8.